The number of aliphatic imine (C=N–C) groups is 2. The number of likely N-dealkylation sites (tertiary alicyclic amines) is 1. The molecule has 3 rings (SSSR count). The minimum absolute atomic E-state index is 0.0325. The van der Waals surface area contributed by atoms with Crippen LogP contribution in [0.25, 0.3) is 0 Å². The quantitative estimate of drug-likeness (QED) is 0.0142. The summed E-state index contributed by atoms with van der Waals surface area (Å²) in [5, 5.41) is 18.2. The number of ether oxygens (including phenoxy) is 1. The highest BCUT2D eigenvalue weighted by molar-refractivity contribution is 7.81. The van der Waals surface area contributed by atoms with Crippen LogP contribution in [0.15, 0.2) is 34.3 Å². The summed E-state index contributed by atoms with van der Waals surface area (Å²) in [6, 6.07) is -2.29. The summed E-state index contributed by atoms with van der Waals surface area (Å²) in [4.78, 5) is 144. The van der Waals surface area contributed by atoms with Gasteiger partial charge in [-0.2, -0.15) is 25.3 Å². The van der Waals surface area contributed by atoms with E-state index in [1.54, 1.807) is 38.1 Å². The maximum atomic E-state index is 14.3. The van der Waals surface area contributed by atoms with E-state index < -0.39 is 125 Å². The number of carbonyl (C=O) groups excluding carboxylic acids is 10. The minimum atomic E-state index is -1.69. The molecule has 440 valence electrons. The molecule has 1 aromatic rings. The Hall–Kier alpha value is -7.04. The zero-order valence-corrected chi connectivity index (χ0v) is 47.1. The van der Waals surface area contributed by atoms with Crippen LogP contribution in [-0.2, 0) is 54.4 Å². The van der Waals surface area contributed by atoms with Crippen LogP contribution in [0, 0.1) is 5.92 Å². The minimum Gasteiger partial charge on any atom is -0.494 e. The number of guanidine groups is 2. The molecule has 10 amide bonds. The average Bonchev–Trinajstić information content (AvgIpc) is 3.90. The Balaban J connectivity index is 1.83. The Kier molecular flexibility index (Phi) is 28.0. The Morgan fingerprint density at radius 3 is 1.78 bits per heavy atom. The number of thiol groups is 2. The summed E-state index contributed by atoms with van der Waals surface area (Å²) in [5.41, 5.74) is 33.3. The molecule has 1 saturated carbocycles. The third-order valence-corrected chi connectivity index (χ3v) is 14.1. The van der Waals surface area contributed by atoms with Crippen molar-refractivity contribution in [3.63, 3.8) is 0 Å². The molecule has 2 fully saturated rings. The molecular formula is C50H82N16O11S2. The van der Waals surface area contributed by atoms with Gasteiger partial charge in [0, 0.05) is 43.0 Å². The first-order chi connectivity index (χ1) is 37.4. The van der Waals surface area contributed by atoms with Crippen LogP contribution in [0.1, 0.15) is 110 Å². The van der Waals surface area contributed by atoms with E-state index >= 15 is 0 Å². The van der Waals surface area contributed by atoms with Crippen molar-refractivity contribution in [2.75, 3.05) is 38.5 Å². The van der Waals surface area contributed by atoms with Crippen molar-refractivity contribution in [1.82, 2.24) is 42.1 Å². The number of benzene rings is 1. The van der Waals surface area contributed by atoms with Gasteiger partial charge in [0.05, 0.1) is 19.6 Å². The van der Waals surface area contributed by atoms with E-state index in [4.69, 9.17) is 51.8 Å². The molecule has 1 saturated heterocycles. The van der Waals surface area contributed by atoms with Gasteiger partial charge in [0.15, 0.2) is 11.9 Å². The molecule has 0 radical (unpaired) electrons. The van der Waals surface area contributed by atoms with E-state index in [1.807, 2.05) is 6.92 Å². The fourth-order valence-corrected chi connectivity index (χ4v) is 9.78. The molecule has 1 aromatic carbocycles. The molecule has 19 N–H and O–H groups in total. The van der Waals surface area contributed by atoms with Gasteiger partial charge >= 0.3 is 0 Å². The fourth-order valence-electron chi connectivity index (χ4n) is 9.07. The van der Waals surface area contributed by atoms with Gasteiger partial charge in [0.2, 0.25) is 59.1 Å². The monoisotopic (exact) mass is 1150 g/mol. The number of hydrogen-bond acceptors (Lipinski definition) is 15. The largest absolute Gasteiger partial charge is 0.494 e. The molecule has 0 aromatic heterocycles. The van der Waals surface area contributed by atoms with Gasteiger partial charge in [0.1, 0.15) is 48.0 Å². The Morgan fingerprint density at radius 1 is 0.684 bits per heavy atom. The van der Waals surface area contributed by atoms with Gasteiger partial charge in [-0.25, -0.2) is 0 Å². The van der Waals surface area contributed by atoms with E-state index in [9.17, 15) is 47.9 Å². The highest BCUT2D eigenvalue weighted by Crippen LogP contribution is 2.36. The van der Waals surface area contributed by atoms with Crippen LogP contribution >= 0.6 is 25.3 Å². The number of hydrogen-bond donors (Lipinski definition) is 15. The molecule has 79 heavy (non-hydrogen) atoms. The summed E-state index contributed by atoms with van der Waals surface area (Å²) in [6.07, 6.45) is 4.64. The Bertz CT molecular complexity index is 2330. The standard InChI is InChI=1S/C50H82N16O11S2/c1-4-77-30-16-14-29(15-17-30)23-33(60-39(69)25-50(79)18-6-5-7-19-50)43(72)61-32(12-9-21-58-49(55)56)42(71)65-40(28(2)3)46(75)63-34(24-37(51)67)44(73)64-35(27-78)47(76)66-22-10-13-36(66)45(74)62-31(11-8-20-57-48(53)54)41(70)59-26-38(52)68/h14-17,28,31-36,40,78-79H,4-13,18-27H2,1-3H3,(H2,51,67)(H2,52,68)(H,59,70)(H,60,69)(H,61,72)(H,62,74)(H,63,75)(H,64,73)(H,65,71)(H4,53,54,57)(H4,55,56,58)/t31-,32-,33+,34-,35-,36-,40-/m0/s1. The number of nitrogens with one attached hydrogen (secondary N) is 7. The second-order valence-corrected chi connectivity index (χ2v) is 21.3. The lowest BCUT2D eigenvalue weighted by Gasteiger charge is -2.32. The molecule has 0 spiro atoms. The summed E-state index contributed by atoms with van der Waals surface area (Å²) in [6.45, 7) is 5.24. The molecule has 1 aliphatic heterocycles. The zero-order chi connectivity index (χ0) is 58.8. The Morgan fingerprint density at radius 2 is 1.24 bits per heavy atom. The van der Waals surface area contributed by atoms with Gasteiger partial charge < -0.3 is 81.3 Å². The molecule has 27 nitrogen and oxygen atoms in total. The molecule has 1 heterocycles. The second kappa shape index (κ2) is 33.4. The smallest absolute Gasteiger partial charge is 0.246 e. The van der Waals surface area contributed by atoms with Crippen molar-refractivity contribution in [3.8, 4) is 5.75 Å². The summed E-state index contributed by atoms with van der Waals surface area (Å²) < 4.78 is 5.02. The lowest BCUT2D eigenvalue weighted by molar-refractivity contribution is -0.142. The van der Waals surface area contributed by atoms with Crippen molar-refractivity contribution < 1.29 is 52.7 Å². The highest BCUT2D eigenvalue weighted by atomic mass is 32.1. The molecule has 2 aliphatic rings. The van der Waals surface area contributed by atoms with Crippen LogP contribution in [0.2, 0.25) is 0 Å². The molecule has 29 heteroatoms. The third-order valence-electron chi connectivity index (χ3n) is 13.1. The highest BCUT2D eigenvalue weighted by Gasteiger charge is 2.40. The zero-order valence-electron chi connectivity index (χ0n) is 45.3. The Labute approximate surface area is 471 Å². The molecule has 7 atom stereocenters. The third kappa shape index (κ3) is 23.4. The van der Waals surface area contributed by atoms with E-state index in [-0.39, 0.29) is 82.3 Å². The maximum absolute atomic E-state index is 14.3. The number of primary amides is 2. The van der Waals surface area contributed by atoms with E-state index in [0.29, 0.717) is 24.3 Å². The van der Waals surface area contributed by atoms with Crippen LogP contribution in [0.4, 0.5) is 0 Å². The van der Waals surface area contributed by atoms with Crippen molar-refractivity contribution >= 4 is 96.2 Å². The molecular weight excluding hydrogens is 1060 g/mol. The average molecular weight is 1150 g/mol. The topological polar surface area (TPSA) is 448 Å². The number of carbonyl (C=O) groups is 10. The van der Waals surface area contributed by atoms with Crippen LogP contribution < -0.4 is 76.4 Å². The normalized spacial score (nSPS) is 16.9. The second-order valence-electron chi connectivity index (χ2n) is 20.0. The first-order valence-electron chi connectivity index (χ1n) is 26.5. The lowest BCUT2D eigenvalue weighted by atomic mass is 9.85. The predicted octanol–water partition coefficient (Wildman–Crippen LogP) is -3.28. The SMILES string of the molecule is CCOc1ccc(C[C@@H](NC(=O)CC2(S)CCCCC2)C(=O)N[C@@H](CCCN=C(N)N)C(=O)N[C@H](C(=O)N[C@@H](CC(N)=O)C(=O)N[C@@H](CS)C(=O)N2CCC[C@H]2C(=O)N[C@@H](CCCN=C(N)N)C(=O)NCC(N)=O)C(C)C)cc1. The van der Waals surface area contributed by atoms with Gasteiger partial charge in [-0.15, -0.1) is 0 Å². The predicted molar refractivity (Wildman–Crippen MR) is 302 cm³/mol. The van der Waals surface area contributed by atoms with Gasteiger partial charge in [-0.1, -0.05) is 45.2 Å². The van der Waals surface area contributed by atoms with Gasteiger partial charge in [-0.05, 0) is 81.9 Å². The molecule has 0 bridgehead atoms. The van der Waals surface area contributed by atoms with Gasteiger partial charge in [-0.3, -0.25) is 57.9 Å². The number of rotatable bonds is 33. The van der Waals surface area contributed by atoms with E-state index in [1.165, 1.54) is 4.90 Å². The summed E-state index contributed by atoms with van der Waals surface area (Å²) in [5.74, 6) is -8.65. The van der Waals surface area contributed by atoms with Crippen molar-refractivity contribution in [2.24, 2.45) is 50.3 Å². The van der Waals surface area contributed by atoms with Crippen molar-refractivity contribution in [2.45, 2.75) is 158 Å². The summed E-state index contributed by atoms with van der Waals surface area (Å²) in [7, 11) is 0. The van der Waals surface area contributed by atoms with E-state index in [2.05, 4.69) is 59.8 Å². The van der Waals surface area contributed by atoms with E-state index in [0.717, 1.165) is 32.1 Å². The van der Waals surface area contributed by atoms with Crippen LogP contribution in [-0.4, -0.2) is 161 Å². The van der Waals surface area contributed by atoms with Crippen molar-refractivity contribution in [1.29, 1.82) is 0 Å². The number of amides is 10. The number of nitrogens with two attached hydrogens (primary N) is 6. The molecule has 1 aliphatic carbocycles. The van der Waals surface area contributed by atoms with Crippen molar-refractivity contribution in [3.05, 3.63) is 29.8 Å². The van der Waals surface area contributed by atoms with Gasteiger partial charge in [0.25, 0.3) is 0 Å². The van der Waals surface area contributed by atoms with Crippen LogP contribution in [0.5, 0.6) is 5.75 Å². The fraction of sp³-hybridized carbons (Fsp3) is 0.640. The lowest BCUT2D eigenvalue weighted by Crippen LogP contribution is -2.61. The maximum Gasteiger partial charge on any atom is 0.246 e. The first-order valence-corrected chi connectivity index (χ1v) is 27.6. The number of nitrogens with zero attached hydrogens (tertiary/aromatic N) is 3. The van der Waals surface area contributed by atoms with Crippen LogP contribution in [0.3, 0.4) is 0 Å². The first kappa shape index (κ1) is 66.2. The molecule has 0 unspecified atom stereocenters. The summed E-state index contributed by atoms with van der Waals surface area (Å²) >= 11 is 9.13.